The molecular weight excluding hydrogens is 110 g/mol. The summed E-state index contributed by atoms with van der Waals surface area (Å²) in [6, 6.07) is 0. The van der Waals surface area contributed by atoms with Crippen molar-refractivity contribution >= 4 is 0 Å². The highest BCUT2D eigenvalue weighted by atomic mass is 19.3. The van der Waals surface area contributed by atoms with Crippen molar-refractivity contribution in [2.45, 2.75) is 25.2 Å². The first-order valence-electron chi connectivity index (χ1n) is 2.81. The Morgan fingerprint density at radius 3 is 2.25 bits per heavy atom. The van der Waals surface area contributed by atoms with Crippen molar-refractivity contribution in [2.24, 2.45) is 5.92 Å². The van der Waals surface area contributed by atoms with Gasteiger partial charge in [-0.05, 0) is 19.3 Å². The van der Waals surface area contributed by atoms with Gasteiger partial charge in [-0.25, -0.2) is 8.78 Å². The van der Waals surface area contributed by atoms with Crippen molar-refractivity contribution < 1.29 is 8.78 Å². The van der Waals surface area contributed by atoms with Crippen LogP contribution in [0.15, 0.2) is 0 Å². The maximum absolute atomic E-state index is 12.2. The molecule has 0 aromatic heterocycles. The Morgan fingerprint density at radius 2 is 2.12 bits per heavy atom. The first-order valence-corrected chi connectivity index (χ1v) is 2.81. The predicted molar refractivity (Wildman–Crippen MR) is 27.6 cm³/mol. The molecule has 1 rings (SSSR count). The van der Waals surface area contributed by atoms with Crippen LogP contribution < -0.4 is 0 Å². The molecule has 0 heterocycles. The summed E-state index contributed by atoms with van der Waals surface area (Å²) in [5.74, 6) is -2.41. The normalized spacial score (nSPS) is 35.6. The molecule has 0 nitrogen and oxygen atoms in total. The Morgan fingerprint density at radius 1 is 1.50 bits per heavy atom. The van der Waals surface area contributed by atoms with E-state index in [2.05, 4.69) is 6.92 Å². The Bertz CT molecular complexity index is 88.5. The lowest BCUT2D eigenvalue weighted by atomic mass is 10.1. The van der Waals surface area contributed by atoms with Crippen LogP contribution in [0.5, 0.6) is 0 Å². The van der Waals surface area contributed by atoms with Crippen LogP contribution in [0.3, 0.4) is 0 Å². The van der Waals surface area contributed by atoms with Gasteiger partial charge in [0.1, 0.15) is 0 Å². The van der Waals surface area contributed by atoms with Gasteiger partial charge >= 0.3 is 0 Å². The van der Waals surface area contributed by atoms with Crippen LogP contribution >= 0.6 is 0 Å². The Kier molecular flexibility index (Phi) is 1.25. The largest absolute Gasteiger partial charge is 0.248 e. The fourth-order valence-electron chi connectivity index (χ4n) is 1.04. The molecule has 0 bridgehead atoms. The molecule has 0 saturated heterocycles. The second-order valence-corrected chi connectivity index (χ2v) is 2.46. The standard InChI is InChI=1S/C6H9F2/c1-5-2-3-6(7,8)4-5/h5H,1-4H2. The molecule has 1 unspecified atom stereocenters. The fourth-order valence-corrected chi connectivity index (χ4v) is 1.04. The van der Waals surface area contributed by atoms with Crippen LogP contribution in [0.2, 0.25) is 0 Å². The third-order valence-corrected chi connectivity index (χ3v) is 1.51. The zero-order valence-electron chi connectivity index (χ0n) is 4.66. The maximum atomic E-state index is 12.2. The van der Waals surface area contributed by atoms with Crippen LogP contribution in [0, 0.1) is 12.8 Å². The van der Waals surface area contributed by atoms with Crippen LogP contribution in [0.4, 0.5) is 8.78 Å². The molecule has 0 aromatic rings. The van der Waals surface area contributed by atoms with E-state index < -0.39 is 5.92 Å². The summed E-state index contributed by atoms with van der Waals surface area (Å²) >= 11 is 0. The molecule has 0 spiro atoms. The van der Waals surface area contributed by atoms with E-state index in [0.717, 1.165) is 0 Å². The lowest BCUT2D eigenvalue weighted by molar-refractivity contribution is 0.00668. The summed E-state index contributed by atoms with van der Waals surface area (Å²) in [6.07, 6.45) is 0.626. The highest BCUT2D eigenvalue weighted by Gasteiger charge is 2.36. The van der Waals surface area contributed by atoms with Crippen molar-refractivity contribution in [3.8, 4) is 0 Å². The van der Waals surface area contributed by atoms with Gasteiger partial charge in [0.25, 0.3) is 0 Å². The summed E-state index contributed by atoms with van der Waals surface area (Å²) < 4.78 is 24.3. The van der Waals surface area contributed by atoms with Crippen LogP contribution in [-0.4, -0.2) is 5.92 Å². The number of alkyl halides is 2. The smallest absolute Gasteiger partial charge is 0.207 e. The number of halogens is 2. The van der Waals surface area contributed by atoms with Crippen LogP contribution in [0.1, 0.15) is 19.3 Å². The van der Waals surface area contributed by atoms with Gasteiger partial charge in [-0.15, -0.1) is 0 Å². The summed E-state index contributed by atoms with van der Waals surface area (Å²) in [7, 11) is 0. The summed E-state index contributed by atoms with van der Waals surface area (Å²) in [4.78, 5) is 0. The van der Waals surface area contributed by atoms with Crippen molar-refractivity contribution in [1.29, 1.82) is 0 Å². The molecule has 1 aliphatic rings. The third kappa shape index (κ3) is 1.17. The van der Waals surface area contributed by atoms with Gasteiger partial charge in [0.15, 0.2) is 0 Å². The van der Waals surface area contributed by atoms with Gasteiger partial charge in [-0.2, -0.15) is 0 Å². The van der Waals surface area contributed by atoms with E-state index in [4.69, 9.17) is 0 Å². The molecule has 1 saturated carbocycles. The maximum Gasteiger partial charge on any atom is 0.248 e. The van der Waals surface area contributed by atoms with Gasteiger partial charge in [-0.3, -0.25) is 0 Å². The minimum Gasteiger partial charge on any atom is -0.207 e. The second kappa shape index (κ2) is 1.67. The number of hydrogen-bond donors (Lipinski definition) is 0. The topological polar surface area (TPSA) is 0 Å². The first-order chi connectivity index (χ1) is 3.60. The monoisotopic (exact) mass is 119 g/mol. The highest BCUT2D eigenvalue weighted by molar-refractivity contribution is 4.81. The van der Waals surface area contributed by atoms with Crippen molar-refractivity contribution in [3.05, 3.63) is 6.92 Å². The van der Waals surface area contributed by atoms with E-state index in [0.29, 0.717) is 6.42 Å². The van der Waals surface area contributed by atoms with Gasteiger partial charge in [-0.1, -0.05) is 0 Å². The van der Waals surface area contributed by atoms with E-state index in [1.807, 2.05) is 0 Å². The van der Waals surface area contributed by atoms with E-state index in [-0.39, 0.29) is 18.8 Å². The second-order valence-electron chi connectivity index (χ2n) is 2.46. The van der Waals surface area contributed by atoms with Gasteiger partial charge in [0.05, 0.1) is 0 Å². The minimum atomic E-state index is -2.40. The van der Waals surface area contributed by atoms with E-state index >= 15 is 0 Å². The van der Waals surface area contributed by atoms with Crippen LogP contribution in [0.25, 0.3) is 0 Å². The Labute approximate surface area is 47.9 Å². The lowest BCUT2D eigenvalue weighted by Gasteiger charge is -2.04. The zero-order valence-corrected chi connectivity index (χ0v) is 4.66. The number of rotatable bonds is 0. The molecule has 1 atom stereocenters. The molecular formula is C6H9F2. The van der Waals surface area contributed by atoms with E-state index in [1.54, 1.807) is 0 Å². The summed E-state index contributed by atoms with van der Waals surface area (Å²) in [5.41, 5.74) is 0. The quantitative estimate of drug-likeness (QED) is 0.458. The average molecular weight is 119 g/mol. The predicted octanol–water partition coefficient (Wildman–Crippen LogP) is 2.26. The van der Waals surface area contributed by atoms with Crippen molar-refractivity contribution in [3.63, 3.8) is 0 Å². The molecule has 1 aliphatic carbocycles. The van der Waals surface area contributed by atoms with E-state index in [9.17, 15) is 8.78 Å². The molecule has 8 heavy (non-hydrogen) atoms. The lowest BCUT2D eigenvalue weighted by Crippen LogP contribution is -2.08. The molecule has 1 radical (unpaired) electrons. The number of hydrogen-bond acceptors (Lipinski definition) is 0. The third-order valence-electron chi connectivity index (χ3n) is 1.51. The SMILES string of the molecule is [CH2]C1CCC(F)(F)C1. The molecule has 47 valence electrons. The Balaban J connectivity index is 2.44. The molecule has 0 amide bonds. The zero-order chi connectivity index (χ0) is 6.20. The summed E-state index contributed by atoms with van der Waals surface area (Å²) in [5, 5.41) is 0. The average Bonchev–Trinajstić information content (AvgIpc) is 1.82. The molecule has 1 fully saturated rings. The molecule has 2 heteroatoms. The Hall–Kier alpha value is -0.140. The molecule has 0 aromatic carbocycles. The van der Waals surface area contributed by atoms with Crippen molar-refractivity contribution in [1.82, 2.24) is 0 Å². The molecule has 0 N–H and O–H groups in total. The van der Waals surface area contributed by atoms with Gasteiger partial charge in [0.2, 0.25) is 5.92 Å². The first kappa shape index (κ1) is 5.99. The van der Waals surface area contributed by atoms with Gasteiger partial charge < -0.3 is 0 Å². The van der Waals surface area contributed by atoms with Gasteiger partial charge in [0, 0.05) is 12.8 Å². The summed E-state index contributed by atoms with van der Waals surface area (Å²) in [6.45, 7) is 3.55. The minimum absolute atomic E-state index is 0.00694. The fraction of sp³-hybridized carbons (Fsp3) is 0.833. The van der Waals surface area contributed by atoms with Crippen LogP contribution in [-0.2, 0) is 0 Å². The van der Waals surface area contributed by atoms with Crippen molar-refractivity contribution in [2.75, 3.05) is 0 Å². The molecule has 0 aliphatic heterocycles. The van der Waals surface area contributed by atoms with E-state index in [1.165, 1.54) is 0 Å². The highest BCUT2D eigenvalue weighted by Crippen LogP contribution is 2.37.